The zero-order valence-corrected chi connectivity index (χ0v) is 16.7. The maximum atomic E-state index is 13.1. The van der Waals surface area contributed by atoms with Crippen molar-refractivity contribution in [1.82, 2.24) is 4.31 Å². The monoisotopic (exact) mass is 394 g/mol. The van der Waals surface area contributed by atoms with E-state index in [2.05, 4.69) is 0 Å². The Balaban J connectivity index is 1.67. The molecule has 1 aliphatic heterocycles. The van der Waals surface area contributed by atoms with Gasteiger partial charge in [-0.1, -0.05) is 54.1 Å². The van der Waals surface area contributed by atoms with Crippen LogP contribution in [0.1, 0.15) is 12.5 Å². The molecule has 0 spiro atoms. The maximum Gasteiger partial charge on any atom is 0.245 e. The molecule has 0 aliphatic carbocycles. The van der Waals surface area contributed by atoms with E-state index >= 15 is 0 Å². The summed E-state index contributed by atoms with van der Waals surface area (Å²) in [5.41, 5.74) is 1.81. The predicted molar refractivity (Wildman–Crippen MR) is 111 cm³/mol. The highest BCUT2D eigenvalue weighted by Crippen LogP contribution is 2.30. The maximum absolute atomic E-state index is 13.1. The number of anilines is 1. The molecule has 0 unspecified atom stereocenters. The number of hydrogen-bond acceptors (Lipinski definition) is 3. The summed E-state index contributed by atoms with van der Waals surface area (Å²) in [5.74, 6) is -0.210. The second-order valence-electron chi connectivity index (χ2n) is 7.09. The largest absolute Gasteiger partial charge is 0.309 e. The summed E-state index contributed by atoms with van der Waals surface area (Å²) in [6.07, 6.45) is 0. The van der Waals surface area contributed by atoms with Crippen molar-refractivity contribution in [3.8, 4) is 0 Å². The standard InChI is InChI=1S/C22H22N2O3S/c1-16-10-12-19(13-11-16)28(26,27)24-15-14-23(22(25)17(24)2)21-9-5-7-18-6-3-4-8-20(18)21/h3-13,17H,14-15H2,1-2H3/t17-/m1/s1. The van der Waals surface area contributed by atoms with Crippen molar-refractivity contribution in [2.24, 2.45) is 0 Å². The van der Waals surface area contributed by atoms with Gasteiger partial charge in [0.05, 0.1) is 10.6 Å². The van der Waals surface area contributed by atoms with Gasteiger partial charge in [0, 0.05) is 18.5 Å². The zero-order valence-electron chi connectivity index (χ0n) is 15.9. The fourth-order valence-corrected chi connectivity index (χ4v) is 5.29. The number of carbonyl (C=O) groups is 1. The molecule has 28 heavy (non-hydrogen) atoms. The summed E-state index contributed by atoms with van der Waals surface area (Å²) in [5, 5.41) is 2.04. The molecule has 0 radical (unpaired) electrons. The second kappa shape index (κ2) is 7.04. The van der Waals surface area contributed by atoms with Crippen LogP contribution in [0.3, 0.4) is 0 Å². The molecule has 0 bridgehead atoms. The normalized spacial score (nSPS) is 18.6. The van der Waals surface area contributed by atoms with Crippen molar-refractivity contribution >= 4 is 32.4 Å². The van der Waals surface area contributed by atoms with Gasteiger partial charge in [-0.05, 0) is 37.4 Å². The van der Waals surface area contributed by atoms with E-state index in [4.69, 9.17) is 0 Å². The van der Waals surface area contributed by atoms with Crippen LogP contribution in [0, 0.1) is 6.92 Å². The number of amides is 1. The van der Waals surface area contributed by atoms with E-state index in [1.165, 1.54) is 4.31 Å². The lowest BCUT2D eigenvalue weighted by atomic mass is 10.1. The van der Waals surface area contributed by atoms with Gasteiger partial charge >= 0.3 is 0 Å². The van der Waals surface area contributed by atoms with Crippen LogP contribution in [0.2, 0.25) is 0 Å². The summed E-state index contributed by atoms with van der Waals surface area (Å²) in [7, 11) is -3.72. The minimum atomic E-state index is -3.72. The van der Waals surface area contributed by atoms with Crippen LogP contribution in [0.4, 0.5) is 5.69 Å². The zero-order chi connectivity index (χ0) is 19.9. The molecule has 0 saturated carbocycles. The molecule has 1 fully saturated rings. The average Bonchev–Trinajstić information content (AvgIpc) is 2.70. The Labute approximate surface area is 165 Å². The van der Waals surface area contributed by atoms with E-state index < -0.39 is 16.1 Å². The molecule has 3 aromatic rings. The van der Waals surface area contributed by atoms with Crippen LogP contribution < -0.4 is 4.90 Å². The van der Waals surface area contributed by atoms with Crippen molar-refractivity contribution in [1.29, 1.82) is 0 Å². The van der Waals surface area contributed by atoms with Crippen molar-refractivity contribution in [2.75, 3.05) is 18.0 Å². The number of carbonyl (C=O) groups excluding carboxylic acids is 1. The molecule has 1 saturated heterocycles. The van der Waals surface area contributed by atoms with Gasteiger partial charge < -0.3 is 4.90 Å². The summed E-state index contributed by atoms with van der Waals surface area (Å²) in [6.45, 7) is 4.14. The number of rotatable bonds is 3. The molecule has 5 nitrogen and oxygen atoms in total. The average molecular weight is 394 g/mol. The highest BCUT2D eigenvalue weighted by Gasteiger charge is 2.39. The highest BCUT2D eigenvalue weighted by molar-refractivity contribution is 7.89. The van der Waals surface area contributed by atoms with Gasteiger partial charge in [-0.15, -0.1) is 0 Å². The Morgan fingerprint density at radius 2 is 1.57 bits per heavy atom. The van der Waals surface area contributed by atoms with Gasteiger partial charge in [-0.3, -0.25) is 4.79 Å². The van der Waals surface area contributed by atoms with Crippen LogP contribution in [-0.4, -0.2) is 37.8 Å². The third-order valence-electron chi connectivity index (χ3n) is 5.28. The quantitative estimate of drug-likeness (QED) is 0.682. The lowest BCUT2D eigenvalue weighted by Gasteiger charge is -2.38. The van der Waals surface area contributed by atoms with Crippen LogP contribution in [-0.2, 0) is 14.8 Å². The van der Waals surface area contributed by atoms with Crippen LogP contribution in [0.15, 0.2) is 71.6 Å². The van der Waals surface area contributed by atoms with E-state index in [1.807, 2.05) is 49.4 Å². The van der Waals surface area contributed by atoms with Crippen LogP contribution in [0.5, 0.6) is 0 Å². The molecular weight excluding hydrogens is 372 g/mol. The highest BCUT2D eigenvalue weighted by atomic mass is 32.2. The Hall–Kier alpha value is -2.70. The first-order valence-electron chi connectivity index (χ1n) is 9.27. The van der Waals surface area contributed by atoms with Gasteiger partial charge in [-0.2, -0.15) is 4.31 Å². The van der Waals surface area contributed by atoms with Gasteiger partial charge in [0.1, 0.15) is 6.04 Å². The van der Waals surface area contributed by atoms with Gasteiger partial charge in [0.25, 0.3) is 0 Å². The molecule has 1 heterocycles. The molecule has 1 amide bonds. The fraction of sp³-hybridized carbons (Fsp3) is 0.227. The van der Waals surface area contributed by atoms with E-state index in [0.717, 1.165) is 22.0 Å². The van der Waals surface area contributed by atoms with Gasteiger partial charge in [0.2, 0.25) is 15.9 Å². The Bertz CT molecular complexity index is 1130. The van der Waals surface area contributed by atoms with Crippen molar-refractivity contribution in [3.05, 3.63) is 72.3 Å². The third kappa shape index (κ3) is 3.08. The van der Waals surface area contributed by atoms with Crippen molar-refractivity contribution in [2.45, 2.75) is 24.8 Å². The van der Waals surface area contributed by atoms with Crippen LogP contribution in [0.25, 0.3) is 10.8 Å². The Kier molecular flexibility index (Phi) is 4.69. The van der Waals surface area contributed by atoms with E-state index in [0.29, 0.717) is 6.54 Å². The van der Waals surface area contributed by atoms with Crippen molar-refractivity contribution < 1.29 is 13.2 Å². The summed E-state index contributed by atoms with van der Waals surface area (Å²) < 4.78 is 27.4. The predicted octanol–water partition coefficient (Wildman–Crippen LogP) is 3.57. The molecule has 1 atom stereocenters. The molecule has 144 valence electrons. The minimum Gasteiger partial charge on any atom is -0.309 e. The molecule has 0 aromatic heterocycles. The smallest absolute Gasteiger partial charge is 0.245 e. The molecule has 0 N–H and O–H groups in total. The summed E-state index contributed by atoms with van der Waals surface area (Å²) in [4.78, 5) is 15.1. The van der Waals surface area contributed by atoms with Crippen LogP contribution >= 0.6 is 0 Å². The van der Waals surface area contributed by atoms with Gasteiger partial charge in [0.15, 0.2) is 0 Å². The lowest BCUT2D eigenvalue weighted by molar-refractivity contribution is -0.123. The molecule has 4 rings (SSSR count). The van der Waals surface area contributed by atoms with E-state index in [1.54, 1.807) is 36.1 Å². The molecular formula is C22H22N2O3S. The molecule has 6 heteroatoms. The number of benzene rings is 3. The van der Waals surface area contributed by atoms with Gasteiger partial charge in [-0.25, -0.2) is 8.42 Å². The third-order valence-corrected chi connectivity index (χ3v) is 7.27. The van der Waals surface area contributed by atoms with E-state index in [9.17, 15) is 13.2 Å². The van der Waals surface area contributed by atoms with E-state index in [-0.39, 0.29) is 17.3 Å². The fourth-order valence-electron chi connectivity index (χ4n) is 3.71. The summed E-state index contributed by atoms with van der Waals surface area (Å²) in [6, 6.07) is 19.7. The SMILES string of the molecule is Cc1ccc(S(=O)(=O)N2CCN(c3cccc4ccccc34)C(=O)[C@H]2C)cc1. The second-order valence-corrected chi connectivity index (χ2v) is 8.98. The number of aryl methyl sites for hydroxylation is 1. The lowest BCUT2D eigenvalue weighted by Crippen LogP contribution is -2.57. The number of hydrogen-bond donors (Lipinski definition) is 0. The number of fused-ring (bicyclic) bond motifs is 1. The molecule has 3 aromatic carbocycles. The minimum absolute atomic E-state index is 0.210. The Morgan fingerprint density at radius 1 is 0.893 bits per heavy atom. The summed E-state index contributed by atoms with van der Waals surface area (Å²) >= 11 is 0. The number of sulfonamides is 1. The Morgan fingerprint density at radius 3 is 2.32 bits per heavy atom. The van der Waals surface area contributed by atoms with Crippen molar-refractivity contribution in [3.63, 3.8) is 0 Å². The molecule has 1 aliphatic rings. The first-order chi connectivity index (χ1) is 13.4. The topological polar surface area (TPSA) is 57.7 Å². The first-order valence-corrected chi connectivity index (χ1v) is 10.7. The number of nitrogens with zero attached hydrogens (tertiary/aromatic N) is 2. The number of piperazine rings is 1. The first kappa shape index (κ1) is 18.7.